The van der Waals surface area contributed by atoms with Crippen LogP contribution in [0.25, 0.3) is 0 Å². The van der Waals surface area contributed by atoms with Gasteiger partial charge in [0.25, 0.3) is 0 Å². The molecule has 0 fully saturated rings. The van der Waals surface area contributed by atoms with E-state index in [9.17, 15) is 23.9 Å². The van der Waals surface area contributed by atoms with Crippen molar-refractivity contribution in [1.29, 1.82) is 0 Å². The molecular formula is C21H23BrFK2O8+. The molecule has 170 valence electrons. The maximum absolute atomic E-state index is 11.9. The van der Waals surface area contributed by atoms with Crippen LogP contribution in [-0.4, -0.2) is 39.3 Å². The predicted molar refractivity (Wildman–Crippen MR) is 113 cm³/mol. The minimum atomic E-state index is -1.44. The first-order valence-electron chi connectivity index (χ1n) is 9.06. The number of esters is 1. The zero-order valence-electron chi connectivity index (χ0n) is 20.0. The molecule has 0 amide bonds. The molecule has 0 aliphatic heterocycles. The predicted octanol–water partition coefficient (Wildman–Crippen LogP) is -1.76. The Hall–Kier alpha value is 0.293. The standard InChI is InChI=1S/C13H10O3.C6H11BrO2.C2H2FO3.2K/c14-10-6-7-11(12(15)8-10)13(16)9-4-2-1-3-5-9;1-6(2,3)9-5(8)4-7;3-1-5-6-2-4;;/h1-8,14-15H;4H2,1-3H3;1-2H;;/q;;-1;2*+1/i;;2D;;. The largest absolute Gasteiger partial charge is 1.00 e. The first-order valence-corrected chi connectivity index (χ1v) is 9.68. The van der Waals surface area contributed by atoms with E-state index in [1.54, 1.807) is 24.3 Å². The molecule has 0 saturated heterocycles. The van der Waals surface area contributed by atoms with Crippen LogP contribution in [0.15, 0.2) is 48.5 Å². The average molecular weight is 582 g/mol. The van der Waals surface area contributed by atoms with Gasteiger partial charge in [0.2, 0.25) is 0 Å². The molecule has 2 rings (SSSR count). The van der Waals surface area contributed by atoms with E-state index in [4.69, 9.17) is 11.2 Å². The third-order valence-electron chi connectivity index (χ3n) is 2.91. The van der Waals surface area contributed by atoms with E-state index in [0.29, 0.717) is 5.56 Å². The number of ether oxygens (including phenoxy) is 1. The summed E-state index contributed by atoms with van der Waals surface area (Å²) in [6, 6.07) is 12.6. The van der Waals surface area contributed by atoms with Crippen molar-refractivity contribution in [3.05, 3.63) is 66.5 Å². The first kappa shape index (κ1) is 35.5. The van der Waals surface area contributed by atoms with Crippen LogP contribution in [0.3, 0.4) is 0 Å². The van der Waals surface area contributed by atoms with Crippen LogP contribution in [-0.2, 0) is 24.1 Å². The molecule has 8 nitrogen and oxygen atoms in total. The summed E-state index contributed by atoms with van der Waals surface area (Å²) >= 11 is 2.99. The molecular weight excluding hydrogens is 557 g/mol. The van der Waals surface area contributed by atoms with Crippen LogP contribution >= 0.6 is 15.9 Å². The maximum atomic E-state index is 11.9. The summed E-state index contributed by atoms with van der Waals surface area (Å²) < 4.78 is 21.5. The molecule has 0 aliphatic carbocycles. The fourth-order valence-electron chi connectivity index (χ4n) is 1.86. The minimum absolute atomic E-state index is 0. The van der Waals surface area contributed by atoms with E-state index in [1.807, 2.05) is 26.8 Å². The molecule has 0 heterocycles. The summed E-state index contributed by atoms with van der Waals surface area (Å²) in [5, 5.41) is 18.9. The summed E-state index contributed by atoms with van der Waals surface area (Å²) in [6.45, 7) is 5.18. The normalized spacial score (nSPS) is 9.67. The van der Waals surface area contributed by atoms with Crippen LogP contribution in [0.4, 0.5) is 4.39 Å². The van der Waals surface area contributed by atoms with Gasteiger partial charge in [-0.3, -0.25) is 14.4 Å². The minimum Gasteiger partial charge on any atom is -0.508 e. The first-order chi connectivity index (χ1) is 14.9. The maximum Gasteiger partial charge on any atom is 1.00 e. The van der Waals surface area contributed by atoms with Gasteiger partial charge >= 0.3 is 115 Å². The van der Waals surface area contributed by atoms with E-state index in [2.05, 4.69) is 25.7 Å². The Morgan fingerprint density at radius 1 is 1.15 bits per heavy atom. The third kappa shape index (κ3) is 19.2. The molecule has 12 heteroatoms. The molecule has 0 spiro atoms. The van der Waals surface area contributed by atoms with Crippen LogP contribution in [0, 0.1) is 6.86 Å². The second-order valence-electron chi connectivity index (χ2n) is 6.47. The Balaban J connectivity index is -0.000000461. The number of rotatable bonds is 5. The summed E-state index contributed by atoms with van der Waals surface area (Å²) in [6.07, 6.45) is -1.44. The van der Waals surface area contributed by atoms with Gasteiger partial charge in [-0.1, -0.05) is 46.3 Å². The van der Waals surface area contributed by atoms with Crippen LogP contribution in [0.1, 0.15) is 38.1 Å². The van der Waals surface area contributed by atoms with E-state index in [0.717, 1.165) is 6.07 Å². The Morgan fingerprint density at radius 2 is 1.73 bits per heavy atom. The second kappa shape index (κ2) is 21.6. The monoisotopic (exact) mass is 580 g/mol. The number of benzene rings is 2. The fraction of sp³-hybridized carbons (Fsp3) is 0.238. The molecule has 0 radical (unpaired) electrons. The molecule has 0 aromatic heterocycles. The summed E-state index contributed by atoms with van der Waals surface area (Å²) in [5.74, 6) is -0.767. The van der Waals surface area contributed by atoms with Crippen molar-refractivity contribution in [3.63, 3.8) is 0 Å². The number of halogens is 2. The van der Waals surface area contributed by atoms with Crippen molar-refractivity contribution in [1.82, 2.24) is 0 Å². The Morgan fingerprint density at radius 3 is 2.09 bits per heavy atom. The molecule has 2 aromatic carbocycles. The van der Waals surface area contributed by atoms with Gasteiger partial charge < -0.3 is 29.1 Å². The smallest absolute Gasteiger partial charge is 0.508 e. The number of aromatic hydroxyl groups is 2. The molecule has 33 heavy (non-hydrogen) atoms. The average Bonchev–Trinajstić information content (AvgIpc) is 2.72. The van der Waals surface area contributed by atoms with Crippen molar-refractivity contribution in [2.45, 2.75) is 26.4 Å². The fourth-order valence-corrected chi connectivity index (χ4v) is 1.98. The van der Waals surface area contributed by atoms with Gasteiger partial charge in [0, 0.05) is 11.6 Å². The van der Waals surface area contributed by atoms with E-state index in [1.165, 1.54) is 12.1 Å². The number of carbonyl (C=O) groups is 3. The number of phenols is 2. The van der Waals surface area contributed by atoms with Gasteiger partial charge in [-0.25, -0.2) is 0 Å². The topological polar surface area (TPSA) is 119 Å². The zero-order chi connectivity index (χ0) is 24.7. The number of ketones is 1. The van der Waals surface area contributed by atoms with Crippen LogP contribution in [0.5, 0.6) is 11.5 Å². The number of carbonyl (C=O) groups excluding carboxylic acids is 3. The molecule has 2 aromatic rings. The Kier molecular flexibility index (Phi) is 23.2. The number of hydrogen-bond donors (Lipinski definition) is 2. The van der Waals surface area contributed by atoms with Crippen molar-refractivity contribution < 1.29 is 148 Å². The Labute approximate surface area is 286 Å². The second-order valence-corrected chi connectivity index (χ2v) is 7.03. The molecule has 0 unspecified atom stereocenters. The molecule has 2 N–H and O–H groups in total. The Bertz CT molecular complexity index is 883. The quantitative estimate of drug-likeness (QED) is 0.0624. The van der Waals surface area contributed by atoms with Gasteiger partial charge in [-0.15, -0.1) is 0 Å². The van der Waals surface area contributed by atoms with Crippen molar-refractivity contribution in [2.75, 3.05) is 5.33 Å². The van der Waals surface area contributed by atoms with Crippen LogP contribution < -0.4 is 103 Å². The van der Waals surface area contributed by atoms with Gasteiger partial charge in [0.05, 0.1) is 5.56 Å². The van der Waals surface area contributed by atoms with Crippen molar-refractivity contribution >= 4 is 34.1 Å². The van der Waals surface area contributed by atoms with E-state index >= 15 is 0 Å². The third-order valence-corrected chi connectivity index (χ3v) is 3.37. The summed E-state index contributed by atoms with van der Waals surface area (Å²) in [4.78, 5) is 38.4. The molecule has 0 bridgehead atoms. The van der Waals surface area contributed by atoms with Gasteiger partial charge in [0.15, 0.2) is 7.15 Å². The van der Waals surface area contributed by atoms with Gasteiger partial charge in [0.1, 0.15) is 22.4 Å². The van der Waals surface area contributed by atoms with E-state index in [-0.39, 0.29) is 149 Å². The van der Waals surface area contributed by atoms with Crippen molar-refractivity contribution in [2.24, 2.45) is 0 Å². The van der Waals surface area contributed by atoms with Gasteiger partial charge in [-0.2, -0.15) is 0 Å². The molecule has 0 atom stereocenters. The molecule has 0 saturated carbocycles. The molecule has 0 aliphatic rings. The zero-order valence-corrected chi connectivity index (χ0v) is 26.8. The number of hydrogen-bond acceptors (Lipinski definition) is 8. The number of alkyl halides is 1. The number of phenolic OH excluding ortho intramolecular Hbond substituents is 2. The van der Waals surface area contributed by atoms with E-state index < -0.39 is 6.45 Å². The summed E-state index contributed by atoms with van der Waals surface area (Å²) in [5.41, 5.74) is 0.331. The SMILES string of the molecule is CC(C)(C)OC(=O)CBr.O=C(c1ccccc1)c1ccc(O)cc1O.[2H]C(=O)OO[CH-]F.[K+].[K+]. The summed E-state index contributed by atoms with van der Waals surface area (Å²) in [7, 11) is 0. The van der Waals surface area contributed by atoms with Gasteiger partial charge in [-0.05, 0) is 39.8 Å². The van der Waals surface area contributed by atoms with Crippen molar-refractivity contribution in [3.8, 4) is 11.5 Å². The van der Waals surface area contributed by atoms with Crippen LogP contribution in [0.2, 0.25) is 0 Å².